The van der Waals surface area contributed by atoms with Gasteiger partial charge >= 0.3 is 0 Å². The maximum atomic E-state index is 11.9. The second-order valence-corrected chi connectivity index (χ2v) is 7.46. The molecule has 2 rings (SSSR count). The maximum absolute atomic E-state index is 11.9. The SMILES string of the molecule is CC(CC(C)(NC1CC1)C(N)=O)N1CCCC1CN(C)C. The first-order chi connectivity index (χ1) is 9.82. The van der Waals surface area contributed by atoms with E-state index in [0.717, 1.165) is 19.5 Å². The van der Waals surface area contributed by atoms with Crippen molar-refractivity contribution in [1.82, 2.24) is 15.1 Å². The van der Waals surface area contributed by atoms with Gasteiger partial charge in [0.1, 0.15) is 0 Å². The molecule has 3 N–H and O–H groups in total. The van der Waals surface area contributed by atoms with E-state index in [2.05, 4.69) is 36.1 Å². The van der Waals surface area contributed by atoms with Gasteiger partial charge in [-0.05, 0) is 66.6 Å². The van der Waals surface area contributed by atoms with Gasteiger partial charge in [-0.1, -0.05) is 0 Å². The molecule has 1 heterocycles. The Labute approximate surface area is 129 Å². The van der Waals surface area contributed by atoms with Crippen LogP contribution in [0.15, 0.2) is 0 Å². The molecule has 1 aliphatic heterocycles. The number of nitrogens with zero attached hydrogens (tertiary/aromatic N) is 2. The van der Waals surface area contributed by atoms with Crippen molar-refractivity contribution in [2.45, 2.75) is 69.6 Å². The summed E-state index contributed by atoms with van der Waals surface area (Å²) < 4.78 is 0. The molecule has 0 aromatic carbocycles. The van der Waals surface area contributed by atoms with Gasteiger partial charge in [0, 0.05) is 24.7 Å². The molecule has 0 radical (unpaired) electrons. The smallest absolute Gasteiger partial charge is 0.237 e. The summed E-state index contributed by atoms with van der Waals surface area (Å²) in [4.78, 5) is 16.7. The molecule has 21 heavy (non-hydrogen) atoms. The fraction of sp³-hybridized carbons (Fsp3) is 0.938. The summed E-state index contributed by atoms with van der Waals surface area (Å²) in [6, 6.07) is 1.47. The third kappa shape index (κ3) is 4.41. The highest BCUT2D eigenvalue weighted by molar-refractivity contribution is 5.84. The number of carbonyl (C=O) groups is 1. The third-order valence-corrected chi connectivity index (χ3v) is 4.91. The Morgan fingerprint density at radius 2 is 2.10 bits per heavy atom. The second-order valence-electron chi connectivity index (χ2n) is 7.46. The number of hydrogen-bond donors (Lipinski definition) is 2. The Bertz CT molecular complexity index is 369. The number of nitrogens with two attached hydrogens (primary N) is 1. The molecule has 0 aromatic rings. The second kappa shape index (κ2) is 6.63. The number of nitrogens with one attached hydrogen (secondary N) is 1. The van der Waals surface area contributed by atoms with Crippen molar-refractivity contribution in [2.24, 2.45) is 5.73 Å². The first-order valence-electron chi connectivity index (χ1n) is 8.30. The number of carbonyl (C=O) groups excluding carboxylic acids is 1. The standard InChI is InChI=1S/C16H32N4O/c1-12(20-9-5-6-14(20)11-19(3)4)10-16(2,15(17)21)18-13-7-8-13/h12-14,18H,5-11H2,1-4H3,(H2,17,21). The molecule has 5 nitrogen and oxygen atoms in total. The van der Waals surface area contributed by atoms with E-state index in [1.54, 1.807) is 0 Å². The number of rotatable bonds is 8. The lowest BCUT2D eigenvalue weighted by atomic mass is 9.91. The van der Waals surface area contributed by atoms with Gasteiger partial charge in [-0.15, -0.1) is 0 Å². The van der Waals surface area contributed by atoms with Crippen LogP contribution in [0.3, 0.4) is 0 Å². The molecule has 3 unspecified atom stereocenters. The van der Waals surface area contributed by atoms with E-state index >= 15 is 0 Å². The van der Waals surface area contributed by atoms with Crippen LogP contribution in [0.5, 0.6) is 0 Å². The van der Waals surface area contributed by atoms with Crippen molar-refractivity contribution in [3.8, 4) is 0 Å². The summed E-state index contributed by atoms with van der Waals surface area (Å²) in [5, 5.41) is 3.47. The lowest BCUT2D eigenvalue weighted by molar-refractivity contribution is -0.124. The molecule has 3 atom stereocenters. The van der Waals surface area contributed by atoms with Crippen LogP contribution in [0, 0.1) is 0 Å². The molecule has 0 bridgehead atoms. The lowest BCUT2D eigenvalue weighted by Gasteiger charge is -2.37. The summed E-state index contributed by atoms with van der Waals surface area (Å²) in [6.07, 6.45) is 5.65. The lowest BCUT2D eigenvalue weighted by Crippen LogP contribution is -2.57. The van der Waals surface area contributed by atoms with E-state index in [9.17, 15) is 4.79 Å². The monoisotopic (exact) mass is 296 g/mol. The summed E-state index contributed by atoms with van der Waals surface area (Å²) >= 11 is 0. The van der Waals surface area contributed by atoms with Gasteiger partial charge in [-0.25, -0.2) is 0 Å². The highest BCUT2D eigenvalue weighted by Crippen LogP contribution is 2.28. The van der Waals surface area contributed by atoms with Crippen LogP contribution in [0.25, 0.3) is 0 Å². The molecule has 0 aromatic heterocycles. The van der Waals surface area contributed by atoms with Gasteiger partial charge in [0.25, 0.3) is 0 Å². The van der Waals surface area contributed by atoms with Gasteiger partial charge in [0.2, 0.25) is 5.91 Å². The Balaban J connectivity index is 1.97. The van der Waals surface area contributed by atoms with Gasteiger partial charge in [0.15, 0.2) is 0 Å². The minimum atomic E-state index is -0.578. The summed E-state index contributed by atoms with van der Waals surface area (Å²) in [5.41, 5.74) is 5.10. The van der Waals surface area contributed by atoms with Crippen LogP contribution in [0.2, 0.25) is 0 Å². The van der Waals surface area contributed by atoms with Gasteiger partial charge in [0.05, 0.1) is 5.54 Å². The minimum Gasteiger partial charge on any atom is -0.368 e. The highest BCUT2D eigenvalue weighted by Gasteiger charge is 2.40. The number of likely N-dealkylation sites (tertiary alicyclic amines) is 1. The van der Waals surface area contributed by atoms with Crippen LogP contribution in [0.4, 0.5) is 0 Å². The zero-order valence-corrected chi connectivity index (χ0v) is 14.1. The molecule has 122 valence electrons. The number of primary amides is 1. The molecule has 1 amide bonds. The molecule has 5 heteroatoms. The van der Waals surface area contributed by atoms with E-state index < -0.39 is 5.54 Å². The summed E-state index contributed by atoms with van der Waals surface area (Å²) in [5.74, 6) is -0.218. The van der Waals surface area contributed by atoms with Crippen molar-refractivity contribution in [3.63, 3.8) is 0 Å². The zero-order valence-electron chi connectivity index (χ0n) is 14.1. The largest absolute Gasteiger partial charge is 0.368 e. The average Bonchev–Trinajstić information content (AvgIpc) is 3.04. The molecule has 2 fully saturated rings. The Morgan fingerprint density at radius 3 is 2.62 bits per heavy atom. The van der Waals surface area contributed by atoms with Crippen molar-refractivity contribution in [1.29, 1.82) is 0 Å². The van der Waals surface area contributed by atoms with Gasteiger partial charge in [-0.2, -0.15) is 0 Å². The number of hydrogen-bond acceptors (Lipinski definition) is 4. The van der Waals surface area contributed by atoms with Gasteiger partial charge in [-0.3, -0.25) is 9.69 Å². The van der Waals surface area contributed by atoms with Crippen LogP contribution in [-0.2, 0) is 4.79 Å². The molecule has 1 saturated heterocycles. The molecule has 0 spiro atoms. The van der Waals surface area contributed by atoms with Crippen molar-refractivity contribution < 1.29 is 4.79 Å². The van der Waals surface area contributed by atoms with E-state index in [1.807, 2.05) is 6.92 Å². The van der Waals surface area contributed by atoms with E-state index in [0.29, 0.717) is 18.1 Å². The van der Waals surface area contributed by atoms with Crippen LogP contribution < -0.4 is 11.1 Å². The molecule has 1 aliphatic carbocycles. The number of likely N-dealkylation sites (N-methyl/N-ethyl adjacent to an activating group) is 1. The topological polar surface area (TPSA) is 61.6 Å². The van der Waals surface area contributed by atoms with E-state index in [4.69, 9.17) is 5.73 Å². The quantitative estimate of drug-likeness (QED) is 0.695. The Kier molecular flexibility index (Phi) is 5.28. The van der Waals surface area contributed by atoms with Crippen LogP contribution >= 0.6 is 0 Å². The third-order valence-electron chi connectivity index (χ3n) is 4.91. The highest BCUT2D eigenvalue weighted by atomic mass is 16.1. The first kappa shape index (κ1) is 16.7. The normalized spacial score (nSPS) is 27.8. The van der Waals surface area contributed by atoms with Crippen molar-refractivity contribution in [3.05, 3.63) is 0 Å². The summed E-state index contributed by atoms with van der Waals surface area (Å²) in [6.45, 7) is 6.44. The fourth-order valence-corrected chi connectivity index (χ4v) is 3.67. The number of amides is 1. The minimum absolute atomic E-state index is 0.218. The van der Waals surface area contributed by atoms with Crippen LogP contribution in [-0.4, -0.2) is 66.6 Å². The summed E-state index contributed by atoms with van der Waals surface area (Å²) in [7, 11) is 4.26. The molecule has 1 saturated carbocycles. The zero-order chi connectivity index (χ0) is 15.6. The Hall–Kier alpha value is -0.650. The van der Waals surface area contributed by atoms with Crippen molar-refractivity contribution >= 4 is 5.91 Å². The van der Waals surface area contributed by atoms with Gasteiger partial charge < -0.3 is 16.0 Å². The van der Waals surface area contributed by atoms with E-state index in [-0.39, 0.29) is 5.91 Å². The molecule has 2 aliphatic rings. The van der Waals surface area contributed by atoms with Crippen molar-refractivity contribution in [2.75, 3.05) is 27.2 Å². The Morgan fingerprint density at radius 1 is 1.43 bits per heavy atom. The predicted octanol–water partition coefficient (Wildman–Crippen LogP) is 0.787. The van der Waals surface area contributed by atoms with E-state index in [1.165, 1.54) is 25.7 Å². The predicted molar refractivity (Wildman–Crippen MR) is 86.1 cm³/mol. The average molecular weight is 296 g/mol. The first-order valence-corrected chi connectivity index (χ1v) is 8.30. The molecular formula is C16H32N4O. The molecular weight excluding hydrogens is 264 g/mol. The van der Waals surface area contributed by atoms with Crippen LogP contribution in [0.1, 0.15) is 46.0 Å². The maximum Gasteiger partial charge on any atom is 0.237 e. The fourth-order valence-electron chi connectivity index (χ4n) is 3.67.